The Hall–Kier alpha value is -0.930. The van der Waals surface area contributed by atoms with Crippen molar-refractivity contribution >= 4 is 28.1 Å². The Morgan fingerprint density at radius 1 is 1.12 bits per heavy atom. The zero-order chi connectivity index (χ0) is 12.1. The van der Waals surface area contributed by atoms with Crippen LogP contribution in [0.15, 0.2) is 41.3 Å². The second kappa shape index (κ2) is 6.12. The molecule has 17 heavy (non-hydrogen) atoms. The van der Waals surface area contributed by atoms with Gasteiger partial charge in [-0.15, -0.1) is 23.1 Å². The van der Waals surface area contributed by atoms with Gasteiger partial charge < -0.3 is 5.32 Å². The molecule has 0 saturated carbocycles. The van der Waals surface area contributed by atoms with E-state index in [4.69, 9.17) is 0 Å². The average Bonchev–Trinajstić information content (AvgIpc) is 2.86. The monoisotopic (exact) mass is 263 g/mol. The van der Waals surface area contributed by atoms with Crippen molar-refractivity contribution < 1.29 is 0 Å². The number of anilines is 1. The van der Waals surface area contributed by atoms with Crippen LogP contribution in [-0.2, 0) is 0 Å². The maximum absolute atomic E-state index is 3.17. The first-order chi connectivity index (χ1) is 8.33. The minimum atomic E-state index is 1.20. The summed E-state index contributed by atoms with van der Waals surface area (Å²) in [6, 6.07) is 13.2. The fourth-order valence-electron chi connectivity index (χ4n) is 1.56. The number of hydrogen-bond donors (Lipinski definition) is 1. The van der Waals surface area contributed by atoms with Gasteiger partial charge in [-0.25, -0.2) is 0 Å². The molecule has 0 aliphatic heterocycles. The largest absolute Gasteiger partial charge is 0.380 e. The summed E-state index contributed by atoms with van der Waals surface area (Å²) in [5.41, 5.74) is 1.30. The van der Waals surface area contributed by atoms with Crippen LogP contribution in [0.25, 0.3) is 10.4 Å². The van der Waals surface area contributed by atoms with Crippen LogP contribution in [0.2, 0.25) is 0 Å². The zero-order valence-electron chi connectivity index (χ0n) is 10.2. The van der Waals surface area contributed by atoms with E-state index in [1.807, 2.05) is 18.8 Å². The second-order valence-corrected chi connectivity index (χ2v) is 6.04. The van der Waals surface area contributed by atoms with Gasteiger partial charge >= 0.3 is 0 Å². The summed E-state index contributed by atoms with van der Waals surface area (Å²) in [7, 11) is 1.96. The maximum Gasteiger partial charge on any atom is 0.0886 e. The lowest BCUT2D eigenvalue weighted by atomic mass is 10.2. The van der Waals surface area contributed by atoms with Gasteiger partial charge in [0.05, 0.1) is 5.00 Å². The molecule has 1 aromatic heterocycles. The van der Waals surface area contributed by atoms with Crippen LogP contribution in [0.1, 0.15) is 13.3 Å². The summed E-state index contributed by atoms with van der Waals surface area (Å²) in [6.45, 7) is 2.21. The van der Waals surface area contributed by atoms with E-state index in [-0.39, 0.29) is 0 Å². The summed E-state index contributed by atoms with van der Waals surface area (Å²) >= 11 is 3.72. The molecule has 1 nitrogen and oxygen atoms in total. The number of rotatable bonds is 5. The highest BCUT2D eigenvalue weighted by molar-refractivity contribution is 7.99. The van der Waals surface area contributed by atoms with E-state index in [1.54, 1.807) is 11.3 Å². The molecule has 0 unspecified atom stereocenters. The fourth-order valence-corrected chi connectivity index (χ4v) is 3.20. The van der Waals surface area contributed by atoms with Gasteiger partial charge in [-0.3, -0.25) is 0 Å². The number of thiophene rings is 1. The van der Waals surface area contributed by atoms with Gasteiger partial charge in [-0.2, -0.15) is 0 Å². The molecule has 0 spiro atoms. The summed E-state index contributed by atoms with van der Waals surface area (Å²) in [5, 5.41) is 4.38. The molecule has 0 fully saturated rings. The molecule has 0 atom stereocenters. The molecule has 0 aliphatic carbocycles. The van der Waals surface area contributed by atoms with Crippen LogP contribution in [0.4, 0.5) is 5.00 Å². The predicted molar refractivity (Wildman–Crippen MR) is 80.3 cm³/mol. The molecule has 2 aromatic rings. The van der Waals surface area contributed by atoms with Crippen LogP contribution in [0, 0.1) is 0 Å². The normalized spacial score (nSPS) is 10.5. The number of nitrogens with one attached hydrogen (secondary N) is 1. The zero-order valence-corrected chi connectivity index (χ0v) is 11.8. The molecule has 0 amide bonds. The number of thioether (sulfide) groups is 1. The summed E-state index contributed by atoms with van der Waals surface area (Å²) in [5.74, 6) is 1.20. The molecule has 0 radical (unpaired) electrons. The van der Waals surface area contributed by atoms with Gasteiger partial charge in [0, 0.05) is 16.8 Å². The average molecular weight is 263 g/mol. The van der Waals surface area contributed by atoms with E-state index in [0.717, 1.165) is 0 Å². The number of benzene rings is 1. The van der Waals surface area contributed by atoms with Crippen molar-refractivity contribution in [1.29, 1.82) is 0 Å². The van der Waals surface area contributed by atoms with Gasteiger partial charge in [0.15, 0.2) is 0 Å². The minimum Gasteiger partial charge on any atom is -0.380 e. The van der Waals surface area contributed by atoms with Crippen molar-refractivity contribution in [3.05, 3.63) is 36.4 Å². The van der Waals surface area contributed by atoms with Crippen molar-refractivity contribution in [2.75, 3.05) is 18.1 Å². The van der Waals surface area contributed by atoms with Crippen LogP contribution >= 0.6 is 23.1 Å². The van der Waals surface area contributed by atoms with Crippen LogP contribution in [-0.4, -0.2) is 12.8 Å². The molecule has 0 bridgehead atoms. The molecule has 0 saturated heterocycles. The summed E-state index contributed by atoms with van der Waals surface area (Å²) < 4.78 is 0. The lowest BCUT2D eigenvalue weighted by Gasteiger charge is -2.01. The molecule has 0 aliphatic rings. The fraction of sp³-hybridized carbons (Fsp3) is 0.286. The molecule has 1 N–H and O–H groups in total. The van der Waals surface area contributed by atoms with Gasteiger partial charge in [-0.1, -0.05) is 19.1 Å². The van der Waals surface area contributed by atoms with E-state index in [0.29, 0.717) is 0 Å². The highest BCUT2D eigenvalue weighted by atomic mass is 32.2. The number of hydrogen-bond acceptors (Lipinski definition) is 3. The predicted octanol–water partition coefficient (Wildman–Crippen LogP) is 4.96. The Morgan fingerprint density at radius 2 is 1.88 bits per heavy atom. The van der Waals surface area contributed by atoms with Crippen molar-refractivity contribution in [2.24, 2.45) is 0 Å². The summed E-state index contributed by atoms with van der Waals surface area (Å²) in [4.78, 5) is 2.68. The van der Waals surface area contributed by atoms with Crippen molar-refractivity contribution in [3.63, 3.8) is 0 Å². The quantitative estimate of drug-likeness (QED) is 0.765. The Morgan fingerprint density at radius 3 is 2.47 bits per heavy atom. The van der Waals surface area contributed by atoms with Crippen LogP contribution in [0.5, 0.6) is 0 Å². The third kappa shape index (κ3) is 3.27. The Balaban J connectivity index is 2.11. The van der Waals surface area contributed by atoms with Crippen LogP contribution in [0.3, 0.4) is 0 Å². The van der Waals surface area contributed by atoms with E-state index in [1.165, 1.54) is 32.5 Å². The highest BCUT2D eigenvalue weighted by Gasteiger charge is 2.02. The topological polar surface area (TPSA) is 12.0 Å². The van der Waals surface area contributed by atoms with Crippen molar-refractivity contribution in [2.45, 2.75) is 18.2 Å². The smallest absolute Gasteiger partial charge is 0.0886 e. The van der Waals surface area contributed by atoms with Gasteiger partial charge in [0.25, 0.3) is 0 Å². The third-order valence-electron chi connectivity index (χ3n) is 2.46. The second-order valence-electron chi connectivity index (χ2n) is 3.79. The van der Waals surface area contributed by atoms with Crippen LogP contribution < -0.4 is 5.32 Å². The summed E-state index contributed by atoms with van der Waals surface area (Å²) in [6.07, 6.45) is 1.23. The van der Waals surface area contributed by atoms with E-state index >= 15 is 0 Å². The first kappa shape index (κ1) is 12.5. The lowest BCUT2D eigenvalue weighted by molar-refractivity contribution is 1.10. The Kier molecular flexibility index (Phi) is 4.51. The van der Waals surface area contributed by atoms with E-state index in [2.05, 4.69) is 48.6 Å². The van der Waals surface area contributed by atoms with Gasteiger partial charge in [-0.05, 0) is 42.0 Å². The molecule has 2 rings (SSSR count). The SMILES string of the molecule is CCCSc1ccc(-c2ccc(NC)s2)cc1. The van der Waals surface area contributed by atoms with Gasteiger partial charge in [0.1, 0.15) is 0 Å². The van der Waals surface area contributed by atoms with E-state index in [9.17, 15) is 0 Å². The molecular weight excluding hydrogens is 246 g/mol. The molecule has 90 valence electrons. The minimum absolute atomic E-state index is 1.20. The standard InChI is InChI=1S/C14H17NS2/c1-3-10-16-12-6-4-11(5-7-12)13-8-9-14(15-2)17-13/h4-9,15H,3,10H2,1-2H3. The van der Waals surface area contributed by atoms with Gasteiger partial charge in [0.2, 0.25) is 0 Å². The lowest BCUT2D eigenvalue weighted by Crippen LogP contribution is -1.80. The molecular formula is C14H17NS2. The van der Waals surface area contributed by atoms with E-state index < -0.39 is 0 Å². The molecule has 1 aromatic carbocycles. The van der Waals surface area contributed by atoms with Crippen molar-refractivity contribution in [1.82, 2.24) is 0 Å². The Bertz CT molecular complexity index is 459. The molecule has 1 heterocycles. The Labute approximate surface area is 111 Å². The highest BCUT2D eigenvalue weighted by Crippen LogP contribution is 2.32. The third-order valence-corrected chi connectivity index (χ3v) is 4.83. The van der Waals surface area contributed by atoms with Crippen molar-refractivity contribution in [3.8, 4) is 10.4 Å². The molecule has 3 heteroatoms. The first-order valence-corrected chi connectivity index (χ1v) is 7.64. The first-order valence-electron chi connectivity index (χ1n) is 5.84. The maximum atomic E-state index is 3.17.